The number of nitrogens with two attached hydrogens (primary N) is 1. The standard InChI is InChI=1S/C8H15N5O2S/c1-12-8(6-10-11-12)16(14,15)13-4-2-3-7(13)5-9/h6-7H,2-5,9H2,1H3. The predicted molar refractivity (Wildman–Crippen MR) is 57.0 cm³/mol. The van der Waals surface area contributed by atoms with E-state index in [9.17, 15) is 8.42 Å². The van der Waals surface area contributed by atoms with Gasteiger partial charge in [0.2, 0.25) is 0 Å². The van der Waals surface area contributed by atoms with Crippen molar-refractivity contribution in [2.24, 2.45) is 12.8 Å². The SMILES string of the molecule is Cn1nncc1S(=O)(=O)N1CCCC1CN. The van der Waals surface area contributed by atoms with Crippen LogP contribution >= 0.6 is 0 Å². The van der Waals surface area contributed by atoms with Gasteiger partial charge in [0.1, 0.15) is 0 Å². The minimum atomic E-state index is -3.50. The highest BCUT2D eigenvalue weighted by Gasteiger charge is 2.36. The molecule has 1 aliphatic heterocycles. The predicted octanol–water partition coefficient (Wildman–Crippen LogP) is -1.07. The summed E-state index contributed by atoms with van der Waals surface area (Å²) in [6, 6.07) is -0.0973. The molecule has 2 rings (SSSR count). The Morgan fingerprint density at radius 2 is 2.38 bits per heavy atom. The molecule has 7 nitrogen and oxygen atoms in total. The number of aryl methyl sites for hydroxylation is 1. The van der Waals surface area contributed by atoms with Crippen molar-refractivity contribution in [1.82, 2.24) is 19.3 Å². The van der Waals surface area contributed by atoms with Gasteiger partial charge in [0.05, 0.1) is 6.20 Å². The Labute approximate surface area is 94.3 Å². The molecule has 90 valence electrons. The molecule has 0 aromatic carbocycles. The van der Waals surface area contributed by atoms with Crippen LogP contribution in [0.25, 0.3) is 0 Å². The quantitative estimate of drug-likeness (QED) is 0.731. The number of sulfonamides is 1. The second kappa shape index (κ2) is 4.11. The first-order chi connectivity index (χ1) is 7.57. The number of hydrogen-bond acceptors (Lipinski definition) is 5. The highest BCUT2D eigenvalue weighted by molar-refractivity contribution is 7.89. The van der Waals surface area contributed by atoms with Gasteiger partial charge >= 0.3 is 0 Å². The molecule has 1 fully saturated rings. The first-order valence-corrected chi connectivity index (χ1v) is 6.58. The molecular weight excluding hydrogens is 230 g/mol. The Morgan fingerprint density at radius 1 is 1.62 bits per heavy atom. The Kier molecular flexibility index (Phi) is 2.96. The van der Waals surface area contributed by atoms with Crippen molar-refractivity contribution in [3.05, 3.63) is 6.20 Å². The van der Waals surface area contributed by atoms with E-state index in [1.165, 1.54) is 15.2 Å². The van der Waals surface area contributed by atoms with Crippen LogP contribution in [-0.4, -0.2) is 46.8 Å². The van der Waals surface area contributed by atoms with Crippen molar-refractivity contribution < 1.29 is 8.42 Å². The molecule has 0 amide bonds. The van der Waals surface area contributed by atoms with Crippen molar-refractivity contribution >= 4 is 10.0 Å². The van der Waals surface area contributed by atoms with Crippen molar-refractivity contribution in [3.8, 4) is 0 Å². The van der Waals surface area contributed by atoms with Crippen molar-refractivity contribution in [3.63, 3.8) is 0 Å². The Morgan fingerprint density at radius 3 is 2.94 bits per heavy atom. The molecule has 1 aromatic rings. The van der Waals surface area contributed by atoms with E-state index in [0.717, 1.165) is 12.8 Å². The summed E-state index contributed by atoms with van der Waals surface area (Å²) in [7, 11) is -1.93. The Hall–Kier alpha value is -0.990. The van der Waals surface area contributed by atoms with Gasteiger partial charge in [-0.05, 0) is 12.8 Å². The van der Waals surface area contributed by atoms with Crippen LogP contribution in [0.2, 0.25) is 0 Å². The zero-order valence-electron chi connectivity index (χ0n) is 9.07. The zero-order valence-corrected chi connectivity index (χ0v) is 9.89. The van der Waals surface area contributed by atoms with Gasteiger partial charge in [-0.1, -0.05) is 5.21 Å². The summed E-state index contributed by atoms with van der Waals surface area (Å²) in [5.74, 6) is 0. The van der Waals surface area contributed by atoms with Crippen LogP contribution in [-0.2, 0) is 17.1 Å². The largest absolute Gasteiger partial charge is 0.329 e. The topological polar surface area (TPSA) is 94.1 Å². The molecule has 1 saturated heterocycles. The molecule has 1 unspecified atom stereocenters. The molecule has 0 saturated carbocycles. The monoisotopic (exact) mass is 245 g/mol. The van der Waals surface area contributed by atoms with Gasteiger partial charge in [-0.25, -0.2) is 13.1 Å². The summed E-state index contributed by atoms with van der Waals surface area (Å²) < 4.78 is 27.2. The lowest BCUT2D eigenvalue weighted by molar-refractivity contribution is 0.388. The molecule has 0 radical (unpaired) electrons. The van der Waals surface area contributed by atoms with Crippen LogP contribution in [0.4, 0.5) is 0 Å². The minimum Gasteiger partial charge on any atom is -0.329 e. The number of aromatic nitrogens is 3. The van der Waals surface area contributed by atoms with E-state index in [4.69, 9.17) is 5.73 Å². The lowest BCUT2D eigenvalue weighted by atomic mass is 10.2. The van der Waals surface area contributed by atoms with E-state index in [1.807, 2.05) is 0 Å². The minimum absolute atomic E-state index is 0.0973. The summed E-state index contributed by atoms with van der Waals surface area (Å²) in [5, 5.41) is 7.34. The van der Waals surface area contributed by atoms with E-state index in [-0.39, 0.29) is 11.1 Å². The number of hydrogen-bond donors (Lipinski definition) is 1. The second-order valence-corrected chi connectivity index (χ2v) is 5.68. The van der Waals surface area contributed by atoms with Crippen molar-refractivity contribution in [2.45, 2.75) is 23.9 Å². The molecule has 2 N–H and O–H groups in total. The van der Waals surface area contributed by atoms with Crippen LogP contribution in [0.15, 0.2) is 11.2 Å². The van der Waals surface area contributed by atoms with Gasteiger partial charge in [-0.15, -0.1) is 5.10 Å². The highest BCUT2D eigenvalue weighted by Crippen LogP contribution is 2.24. The van der Waals surface area contributed by atoms with E-state index < -0.39 is 10.0 Å². The third-order valence-electron chi connectivity index (χ3n) is 2.84. The number of nitrogens with zero attached hydrogens (tertiary/aromatic N) is 4. The maximum absolute atomic E-state index is 12.3. The molecule has 1 aliphatic rings. The van der Waals surface area contributed by atoms with Gasteiger partial charge < -0.3 is 5.73 Å². The first kappa shape index (κ1) is 11.5. The molecule has 0 bridgehead atoms. The van der Waals surface area contributed by atoms with Gasteiger partial charge in [0.15, 0.2) is 5.03 Å². The van der Waals surface area contributed by atoms with E-state index in [2.05, 4.69) is 10.3 Å². The van der Waals surface area contributed by atoms with E-state index in [0.29, 0.717) is 13.1 Å². The summed E-state index contributed by atoms with van der Waals surface area (Å²) in [5.41, 5.74) is 5.57. The molecule has 1 atom stereocenters. The molecule has 8 heteroatoms. The van der Waals surface area contributed by atoms with Gasteiger partial charge in [-0.3, -0.25) is 0 Å². The maximum Gasteiger partial charge on any atom is 0.262 e. The van der Waals surface area contributed by atoms with Crippen LogP contribution in [0, 0.1) is 0 Å². The summed E-state index contributed by atoms with van der Waals surface area (Å²) in [4.78, 5) is 0. The smallest absolute Gasteiger partial charge is 0.262 e. The van der Waals surface area contributed by atoms with Crippen LogP contribution in [0.5, 0.6) is 0 Å². The summed E-state index contributed by atoms with van der Waals surface area (Å²) >= 11 is 0. The Bertz CT molecular complexity index is 469. The molecular formula is C8H15N5O2S. The molecule has 2 heterocycles. The average Bonchev–Trinajstić information content (AvgIpc) is 2.85. The van der Waals surface area contributed by atoms with Crippen LogP contribution < -0.4 is 5.73 Å². The molecule has 0 spiro atoms. The fourth-order valence-electron chi connectivity index (χ4n) is 2.00. The highest BCUT2D eigenvalue weighted by atomic mass is 32.2. The third-order valence-corrected chi connectivity index (χ3v) is 4.84. The number of rotatable bonds is 3. The second-order valence-electron chi connectivity index (χ2n) is 3.84. The fraction of sp³-hybridized carbons (Fsp3) is 0.750. The average molecular weight is 245 g/mol. The van der Waals surface area contributed by atoms with Crippen LogP contribution in [0.1, 0.15) is 12.8 Å². The van der Waals surface area contributed by atoms with E-state index in [1.54, 1.807) is 7.05 Å². The van der Waals surface area contributed by atoms with Crippen molar-refractivity contribution in [1.29, 1.82) is 0 Å². The zero-order chi connectivity index (χ0) is 11.8. The normalized spacial score (nSPS) is 22.8. The van der Waals surface area contributed by atoms with Gasteiger partial charge in [-0.2, -0.15) is 4.31 Å². The van der Waals surface area contributed by atoms with Crippen molar-refractivity contribution in [2.75, 3.05) is 13.1 Å². The summed E-state index contributed by atoms with van der Waals surface area (Å²) in [6.07, 6.45) is 2.94. The summed E-state index contributed by atoms with van der Waals surface area (Å²) in [6.45, 7) is 0.875. The molecule has 1 aromatic heterocycles. The maximum atomic E-state index is 12.3. The molecule has 16 heavy (non-hydrogen) atoms. The lowest BCUT2D eigenvalue weighted by Gasteiger charge is -2.22. The van der Waals surface area contributed by atoms with Crippen LogP contribution in [0.3, 0.4) is 0 Å². The van der Waals surface area contributed by atoms with E-state index >= 15 is 0 Å². The third kappa shape index (κ3) is 1.72. The van der Waals surface area contributed by atoms with Gasteiger partial charge in [0.25, 0.3) is 10.0 Å². The fourth-order valence-corrected chi connectivity index (χ4v) is 3.74. The molecule has 0 aliphatic carbocycles. The van der Waals surface area contributed by atoms with Gasteiger partial charge in [0, 0.05) is 26.2 Å². The lowest BCUT2D eigenvalue weighted by Crippen LogP contribution is -2.40. The first-order valence-electron chi connectivity index (χ1n) is 5.14. The Balaban J connectivity index is 2.36.